The fourth-order valence-electron chi connectivity index (χ4n) is 1.10. The molecular formula is C14H22O4. The van der Waals surface area contributed by atoms with Crippen molar-refractivity contribution in [3.63, 3.8) is 0 Å². The van der Waals surface area contributed by atoms with E-state index in [-0.39, 0.29) is 38.0 Å². The summed E-state index contributed by atoms with van der Waals surface area (Å²) >= 11 is 0. The van der Waals surface area contributed by atoms with Crippen LogP contribution in [0.15, 0.2) is 24.3 Å². The van der Waals surface area contributed by atoms with Gasteiger partial charge in [0.2, 0.25) is 0 Å². The Hall–Kier alpha value is -1.58. The Kier molecular flexibility index (Phi) is 10.8. The average molecular weight is 254 g/mol. The molecule has 0 unspecified atom stereocenters. The third-order valence-electron chi connectivity index (χ3n) is 2.02. The van der Waals surface area contributed by atoms with Crippen molar-refractivity contribution in [2.45, 2.75) is 39.5 Å². The van der Waals surface area contributed by atoms with Crippen LogP contribution in [0, 0.1) is 0 Å². The second-order valence-corrected chi connectivity index (χ2v) is 3.63. The summed E-state index contributed by atoms with van der Waals surface area (Å²) in [5, 5.41) is 0. The van der Waals surface area contributed by atoms with Crippen LogP contribution >= 0.6 is 0 Å². The van der Waals surface area contributed by atoms with Gasteiger partial charge in [-0.3, -0.25) is 9.59 Å². The zero-order valence-electron chi connectivity index (χ0n) is 11.2. The number of allylic oxidation sites excluding steroid dienone is 2. The highest BCUT2D eigenvalue weighted by Gasteiger charge is 2.07. The minimum Gasteiger partial charge on any atom is -0.461 e. The molecule has 0 heterocycles. The fourth-order valence-corrected chi connectivity index (χ4v) is 1.10. The molecule has 4 nitrogen and oxygen atoms in total. The summed E-state index contributed by atoms with van der Waals surface area (Å²) < 4.78 is 9.78. The van der Waals surface area contributed by atoms with Gasteiger partial charge in [-0.15, -0.1) is 0 Å². The molecule has 18 heavy (non-hydrogen) atoms. The third kappa shape index (κ3) is 10.9. The van der Waals surface area contributed by atoms with Crippen LogP contribution in [0.5, 0.6) is 0 Å². The highest BCUT2D eigenvalue weighted by Crippen LogP contribution is 1.97. The maximum Gasteiger partial charge on any atom is 0.306 e. The number of hydrogen-bond acceptors (Lipinski definition) is 4. The maximum atomic E-state index is 11.2. The van der Waals surface area contributed by atoms with Gasteiger partial charge in [0, 0.05) is 0 Å². The lowest BCUT2D eigenvalue weighted by atomic mass is 10.3. The van der Waals surface area contributed by atoms with Gasteiger partial charge in [-0.25, -0.2) is 0 Å². The third-order valence-corrected chi connectivity index (χ3v) is 2.02. The Labute approximate surface area is 109 Å². The number of ether oxygens (including phenoxy) is 2. The van der Waals surface area contributed by atoms with Crippen molar-refractivity contribution < 1.29 is 19.1 Å². The van der Waals surface area contributed by atoms with Crippen LogP contribution in [0.3, 0.4) is 0 Å². The first-order valence-electron chi connectivity index (χ1n) is 6.31. The van der Waals surface area contributed by atoms with E-state index in [4.69, 9.17) is 9.47 Å². The SMILES string of the molecule is CC/C=C\COC(=O)CCC(=O)OC/C=C\CC. The molecule has 0 aromatic carbocycles. The molecule has 0 aliphatic rings. The van der Waals surface area contributed by atoms with E-state index in [1.165, 1.54) is 0 Å². The van der Waals surface area contributed by atoms with E-state index in [9.17, 15) is 9.59 Å². The van der Waals surface area contributed by atoms with Crippen LogP contribution in [0.2, 0.25) is 0 Å². The lowest BCUT2D eigenvalue weighted by Crippen LogP contribution is -2.10. The molecular weight excluding hydrogens is 232 g/mol. The molecule has 0 atom stereocenters. The zero-order valence-corrected chi connectivity index (χ0v) is 11.2. The first-order valence-corrected chi connectivity index (χ1v) is 6.31. The van der Waals surface area contributed by atoms with E-state index in [1.807, 2.05) is 26.0 Å². The summed E-state index contributed by atoms with van der Waals surface area (Å²) in [6.07, 6.45) is 9.36. The van der Waals surface area contributed by atoms with E-state index >= 15 is 0 Å². The minimum atomic E-state index is -0.378. The number of carbonyl (C=O) groups excluding carboxylic acids is 2. The van der Waals surface area contributed by atoms with E-state index in [0.29, 0.717) is 0 Å². The molecule has 0 bridgehead atoms. The van der Waals surface area contributed by atoms with Crippen molar-refractivity contribution in [3.05, 3.63) is 24.3 Å². The van der Waals surface area contributed by atoms with Crippen LogP contribution in [0.1, 0.15) is 39.5 Å². The Morgan fingerprint density at radius 3 is 1.50 bits per heavy atom. The van der Waals surface area contributed by atoms with Gasteiger partial charge in [-0.1, -0.05) is 38.2 Å². The molecule has 0 saturated heterocycles. The molecule has 0 aromatic rings. The topological polar surface area (TPSA) is 52.6 Å². The molecule has 0 saturated carbocycles. The maximum absolute atomic E-state index is 11.2. The fraction of sp³-hybridized carbons (Fsp3) is 0.571. The van der Waals surface area contributed by atoms with Crippen LogP contribution in [-0.4, -0.2) is 25.2 Å². The zero-order chi connectivity index (χ0) is 13.6. The monoisotopic (exact) mass is 254 g/mol. The predicted molar refractivity (Wildman–Crippen MR) is 70.0 cm³/mol. The van der Waals surface area contributed by atoms with Crippen molar-refractivity contribution in [1.82, 2.24) is 0 Å². The molecule has 0 rings (SSSR count). The normalized spacial score (nSPS) is 11.0. The Morgan fingerprint density at radius 1 is 0.778 bits per heavy atom. The van der Waals surface area contributed by atoms with Gasteiger partial charge in [0.15, 0.2) is 0 Å². The molecule has 4 heteroatoms. The van der Waals surface area contributed by atoms with Gasteiger partial charge in [0.25, 0.3) is 0 Å². The van der Waals surface area contributed by atoms with E-state index in [2.05, 4.69) is 0 Å². The van der Waals surface area contributed by atoms with Crippen LogP contribution in [0.4, 0.5) is 0 Å². The van der Waals surface area contributed by atoms with Gasteiger partial charge < -0.3 is 9.47 Å². The van der Waals surface area contributed by atoms with Crippen molar-refractivity contribution in [2.75, 3.05) is 13.2 Å². The molecule has 0 fully saturated rings. The second kappa shape index (κ2) is 11.9. The summed E-state index contributed by atoms with van der Waals surface area (Å²) in [5.74, 6) is -0.756. The van der Waals surface area contributed by atoms with Gasteiger partial charge in [0.05, 0.1) is 12.8 Å². The van der Waals surface area contributed by atoms with Crippen molar-refractivity contribution in [3.8, 4) is 0 Å². The predicted octanol–water partition coefficient (Wildman–Crippen LogP) is 2.79. The molecule has 0 radical (unpaired) electrons. The van der Waals surface area contributed by atoms with Gasteiger partial charge >= 0.3 is 11.9 Å². The smallest absolute Gasteiger partial charge is 0.306 e. The summed E-state index contributed by atoms with van der Waals surface area (Å²) in [7, 11) is 0. The number of esters is 2. The summed E-state index contributed by atoms with van der Waals surface area (Å²) in [4.78, 5) is 22.4. The van der Waals surface area contributed by atoms with E-state index in [1.54, 1.807) is 12.2 Å². The summed E-state index contributed by atoms with van der Waals surface area (Å²) in [5.41, 5.74) is 0. The quantitative estimate of drug-likeness (QED) is 0.469. The molecule has 102 valence electrons. The van der Waals surface area contributed by atoms with Crippen molar-refractivity contribution in [2.24, 2.45) is 0 Å². The van der Waals surface area contributed by atoms with Crippen LogP contribution in [-0.2, 0) is 19.1 Å². The van der Waals surface area contributed by atoms with Crippen LogP contribution < -0.4 is 0 Å². The van der Waals surface area contributed by atoms with Gasteiger partial charge in [-0.2, -0.15) is 0 Å². The first-order chi connectivity index (χ1) is 8.70. The lowest BCUT2D eigenvalue weighted by Gasteiger charge is -2.02. The highest BCUT2D eigenvalue weighted by molar-refractivity contribution is 5.77. The van der Waals surface area contributed by atoms with Crippen LogP contribution in [0.25, 0.3) is 0 Å². The largest absolute Gasteiger partial charge is 0.461 e. The Balaban J connectivity index is 3.56. The minimum absolute atomic E-state index is 0.0658. The van der Waals surface area contributed by atoms with E-state index < -0.39 is 0 Å². The molecule has 0 aromatic heterocycles. The molecule has 0 amide bonds. The Bertz CT molecular complexity index is 262. The number of rotatable bonds is 9. The highest BCUT2D eigenvalue weighted by atomic mass is 16.5. The second-order valence-electron chi connectivity index (χ2n) is 3.63. The molecule has 0 aliphatic carbocycles. The van der Waals surface area contributed by atoms with Gasteiger partial charge in [0.1, 0.15) is 13.2 Å². The van der Waals surface area contributed by atoms with E-state index in [0.717, 1.165) is 12.8 Å². The summed E-state index contributed by atoms with van der Waals surface area (Å²) in [6, 6.07) is 0. The number of hydrogen-bond donors (Lipinski definition) is 0. The molecule has 0 aliphatic heterocycles. The number of carbonyl (C=O) groups is 2. The molecule has 0 spiro atoms. The Morgan fingerprint density at radius 2 is 1.17 bits per heavy atom. The van der Waals surface area contributed by atoms with Crippen molar-refractivity contribution >= 4 is 11.9 Å². The standard InChI is InChI=1S/C14H22O4/c1-3-5-7-11-17-13(15)9-10-14(16)18-12-8-6-4-2/h5-8H,3-4,9-12H2,1-2H3/b7-5-,8-6-. The summed E-state index contributed by atoms with van der Waals surface area (Å²) in [6.45, 7) is 4.53. The van der Waals surface area contributed by atoms with Gasteiger partial charge in [-0.05, 0) is 12.8 Å². The first kappa shape index (κ1) is 16.4. The lowest BCUT2D eigenvalue weighted by molar-refractivity contribution is -0.149. The van der Waals surface area contributed by atoms with Crippen molar-refractivity contribution in [1.29, 1.82) is 0 Å². The average Bonchev–Trinajstić information content (AvgIpc) is 2.37. The molecule has 0 N–H and O–H groups in total.